The van der Waals surface area contributed by atoms with Crippen molar-refractivity contribution in [2.45, 2.75) is 13.0 Å². The molecule has 0 aliphatic rings. The van der Waals surface area contributed by atoms with Crippen LogP contribution in [0.15, 0.2) is 33.4 Å². The van der Waals surface area contributed by atoms with E-state index >= 15 is 0 Å². The molecular formula is C12H11BrF2N2O. The first-order chi connectivity index (χ1) is 8.56. The second kappa shape index (κ2) is 5.17. The average molecular weight is 317 g/mol. The molecule has 96 valence electrons. The van der Waals surface area contributed by atoms with E-state index in [-0.39, 0.29) is 10.0 Å². The van der Waals surface area contributed by atoms with E-state index in [2.05, 4.69) is 21.4 Å². The van der Waals surface area contributed by atoms with Crippen LogP contribution in [0.4, 0.5) is 8.78 Å². The van der Waals surface area contributed by atoms with Gasteiger partial charge in [-0.15, -0.1) is 0 Å². The number of hydrogen-bond acceptors (Lipinski definition) is 3. The molecule has 0 amide bonds. The van der Waals surface area contributed by atoms with Gasteiger partial charge in [0.15, 0.2) is 0 Å². The zero-order chi connectivity index (χ0) is 13.3. The lowest BCUT2D eigenvalue weighted by molar-refractivity contribution is 0.492. The predicted molar refractivity (Wildman–Crippen MR) is 66.7 cm³/mol. The van der Waals surface area contributed by atoms with Gasteiger partial charge in [0.25, 0.3) is 0 Å². The van der Waals surface area contributed by atoms with E-state index in [9.17, 15) is 8.78 Å². The third kappa shape index (κ3) is 2.19. The van der Waals surface area contributed by atoms with Crippen LogP contribution in [0.25, 0.3) is 0 Å². The topological polar surface area (TPSA) is 51.2 Å². The molecule has 0 radical (unpaired) electrons. The van der Waals surface area contributed by atoms with Crippen LogP contribution in [0.2, 0.25) is 0 Å². The molecule has 3 N–H and O–H groups in total. The van der Waals surface area contributed by atoms with Gasteiger partial charge in [0.2, 0.25) is 0 Å². The quantitative estimate of drug-likeness (QED) is 0.519. The Balaban J connectivity index is 2.59. The first kappa shape index (κ1) is 13.2. The van der Waals surface area contributed by atoms with Crippen molar-refractivity contribution in [3.8, 4) is 0 Å². The number of hydrogen-bond donors (Lipinski definition) is 2. The van der Waals surface area contributed by atoms with E-state index < -0.39 is 17.7 Å². The van der Waals surface area contributed by atoms with E-state index in [0.29, 0.717) is 11.3 Å². The number of furan rings is 1. The average Bonchev–Trinajstić information content (AvgIpc) is 2.76. The Morgan fingerprint density at radius 3 is 2.61 bits per heavy atom. The van der Waals surface area contributed by atoms with Crippen LogP contribution >= 0.6 is 15.9 Å². The van der Waals surface area contributed by atoms with E-state index in [4.69, 9.17) is 10.3 Å². The maximum atomic E-state index is 14.0. The van der Waals surface area contributed by atoms with E-state index in [0.717, 1.165) is 0 Å². The molecule has 0 saturated carbocycles. The maximum absolute atomic E-state index is 14.0. The molecule has 3 nitrogen and oxygen atoms in total. The monoisotopic (exact) mass is 316 g/mol. The van der Waals surface area contributed by atoms with Gasteiger partial charge in [-0.05, 0) is 41.1 Å². The Kier molecular flexibility index (Phi) is 3.79. The molecule has 0 aliphatic carbocycles. The van der Waals surface area contributed by atoms with Crippen LogP contribution < -0.4 is 11.3 Å². The van der Waals surface area contributed by atoms with Gasteiger partial charge in [-0.25, -0.2) is 14.2 Å². The van der Waals surface area contributed by atoms with Crippen molar-refractivity contribution in [3.63, 3.8) is 0 Å². The highest BCUT2D eigenvalue weighted by Crippen LogP contribution is 2.31. The van der Waals surface area contributed by atoms with Crippen LogP contribution in [0, 0.1) is 18.6 Å². The molecule has 1 aromatic carbocycles. The molecular weight excluding hydrogens is 306 g/mol. The first-order valence-electron chi connectivity index (χ1n) is 5.19. The zero-order valence-corrected chi connectivity index (χ0v) is 11.1. The van der Waals surface area contributed by atoms with E-state index in [1.165, 1.54) is 18.4 Å². The Morgan fingerprint density at radius 1 is 1.33 bits per heavy atom. The number of aryl methyl sites for hydroxylation is 1. The van der Waals surface area contributed by atoms with Crippen molar-refractivity contribution in [1.82, 2.24) is 5.43 Å². The molecule has 1 aromatic heterocycles. The third-order valence-electron chi connectivity index (χ3n) is 2.74. The van der Waals surface area contributed by atoms with Gasteiger partial charge in [0.05, 0.1) is 16.8 Å². The van der Waals surface area contributed by atoms with Gasteiger partial charge in [0.1, 0.15) is 17.4 Å². The Hall–Kier alpha value is -1.24. The van der Waals surface area contributed by atoms with Crippen LogP contribution in [-0.4, -0.2) is 0 Å². The molecule has 1 unspecified atom stereocenters. The summed E-state index contributed by atoms with van der Waals surface area (Å²) in [4.78, 5) is 0. The summed E-state index contributed by atoms with van der Waals surface area (Å²) in [7, 11) is 0. The van der Waals surface area contributed by atoms with Crippen molar-refractivity contribution >= 4 is 15.9 Å². The summed E-state index contributed by atoms with van der Waals surface area (Å²) in [6, 6.07) is 3.31. The number of hydrazine groups is 1. The Bertz CT molecular complexity index is 571. The largest absolute Gasteiger partial charge is 0.469 e. The fraction of sp³-hybridized carbons (Fsp3) is 0.167. The minimum absolute atomic E-state index is 0.142. The number of rotatable bonds is 3. The normalized spacial score (nSPS) is 12.7. The predicted octanol–water partition coefficient (Wildman–Crippen LogP) is 3.18. The molecule has 0 fully saturated rings. The van der Waals surface area contributed by atoms with Gasteiger partial charge in [0, 0.05) is 11.1 Å². The molecule has 18 heavy (non-hydrogen) atoms. The van der Waals surface area contributed by atoms with Crippen molar-refractivity contribution in [2.75, 3.05) is 0 Å². The fourth-order valence-corrected chi connectivity index (χ4v) is 2.18. The summed E-state index contributed by atoms with van der Waals surface area (Å²) < 4.78 is 33.1. The maximum Gasteiger partial charge on any atom is 0.145 e. The molecule has 0 spiro atoms. The van der Waals surface area contributed by atoms with Gasteiger partial charge in [-0.2, -0.15) is 0 Å². The first-order valence-corrected chi connectivity index (χ1v) is 5.99. The summed E-state index contributed by atoms with van der Waals surface area (Å²) in [5.74, 6) is 4.62. The van der Waals surface area contributed by atoms with Crippen LogP contribution in [0.3, 0.4) is 0 Å². The fourth-order valence-electron chi connectivity index (χ4n) is 1.83. The summed E-state index contributed by atoms with van der Waals surface area (Å²) in [5.41, 5.74) is 2.86. The van der Waals surface area contributed by atoms with Crippen molar-refractivity contribution < 1.29 is 13.2 Å². The molecule has 2 aromatic rings. The minimum atomic E-state index is -0.804. The van der Waals surface area contributed by atoms with Gasteiger partial charge >= 0.3 is 0 Å². The van der Waals surface area contributed by atoms with Gasteiger partial charge < -0.3 is 4.42 Å². The molecule has 6 heteroatoms. The summed E-state index contributed by atoms with van der Waals surface area (Å²) >= 11 is 3.03. The highest BCUT2D eigenvalue weighted by Gasteiger charge is 2.25. The summed E-state index contributed by atoms with van der Waals surface area (Å²) in [6.07, 6.45) is 1.45. The zero-order valence-electron chi connectivity index (χ0n) is 9.51. The minimum Gasteiger partial charge on any atom is -0.469 e. The smallest absolute Gasteiger partial charge is 0.145 e. The number of nitrogens with two attached hydrogens (primary N) is 1. The van der Waals surface area contributed by atoms with Crippen molar-refractivity contribution in [1.29, 1.82) is 0 Å². The summed E-state index contributed by atoms with van der Waals surface area (Å²) in [6.45, 7) is 1.70. The SMILES string of the molecule is Cc1occc1C(NN)c1c(F)ccc(Br)c1F. The van der Waals surface area contributed by atoms with Crippen molar-refractivity contribution in [2.24, 2.45) is 5.84 Å². The molecule has 1 atom stereocenters. The lowest BCUT2D eigenvalue weighted by Gasteiger charge is -2.17. The Morgan fingerprint density at radius 2 is 2.06 bits per heavy atom. The third-order valence-corrected chi connectivity index (χ3v) is 3.36. The molecule has 2 rings (SSSR count). The molecule has 0 saturated heterocycles. The second-order valence-electron chi connectivity index (χ2n) is 3.79. The van der Waals surface area contributed by atoms with Gasteiger partial charge in [-0.1, -0.05) is 0 Å². The summed E-state index contributed by atoms with van der Waals surface area (Å²) in [5, 5.41) is 0. The standard InChI is InChI=1S/C12H11BrF2N2O/c1-6-7(4-5-18-6)12(17-16)10-9(14)3-2-8(13)11(10)15/h2-5,12,17H,16H2,1H3. The molecule has 1 heterocycles. The second-order valence-corrected chi connectivity index (χ2v) is 4.64. The van der Waals surface area contributed by atoms with E-state index in [1.807, 2.05) is 0 Å². The lowest BCUT2D eigenvalue weighted by atomic mass is 9.99. The lowest BCUT2D eigenvalue weighted by Crippen LogP contribution is -2.30. The van der Waals surface area contributed by atoms with Crippen molar-refractivity contribution in [3.05, 3.63) is 57.5 Å². The molecule has 0 bridgehead atoms. The number of benzene rings is 1. The van der Waals surface area contributed by atoms with E-state index in [1.54, 1.807) is 13.0 Å². The van der Waals surface area contributed by atoms with Crippen LogP contribution in [0.1, 0.15) is 22.9 Å². The van der Waals surface area contributed by atoms with Crippen LogP contribution in [0.5, 0.6) is 0 Å². The highest BCUT2D eigenvalue weighted by atomic mass is 79.9. The number of halogens is 3. The van der Waals surface area contributed by atoms with Gasteiger partial charge in [-0.3, -0.25) is 5.84 Å². The number of nitrogens with one attached hydrogen (secondary N) is 1. The highest BCUT2D eigenvalue weighted by molar-refractivity contribution is 9.10. The van der Waals surface area contributed by atoms with Crippen LogP contribution in [-0.2, 0) is 0 Å². The molecule has 0 aliphatic heterocycles. The Labute approximate surface area is 111 Å².